The van der Waals surface area contributed by atoms with Gasteiger partial charge in [-0.05, 0) is 5.56 Å². The summed E-state index contributed by atoms with van der Waals surface area (Å²) in [6.07, 6.45) is 0.822. The van der Waals surface area contributed by atoms with E-state index in [9.17, 15) is 4.79 Å². The van der Waals surface area contributed by atoms with Crippen molar-refractivity contribution < 1.29 is 4.79 Å². The van der Waals surface area contributed by atoms with Crippen LogP contribution in [0.3, 0.4) is 0 Å². The minimum Gasteiger partial charge on any atom is -0.326 e. The minimum absolute atomic E-state index is 0.426. The van der Waals surface area contributed by atoms with E-state index < -0.39 is 0 Å². The molecule has 2 nitrogen and oxygen atoms in total. The maximum absolute atomic E-state index is 10.3. The van der Waals surface area contributed by atoms with E-state index in [4.69, 9.17) is 5.73 Å². The molecule has 12 heavy (non-hydrogen) atoms. The van der Waals surface area contributed by atoms with Gasteiger partial charge in [-0.15, -0.1) is 0 Å². The molecular formula is C10H15NO. The number of rotatable bonds is 2. The van der Waals surface area contributed by atoms with Crippen molar-refractivity contribution in [3.63, 3.8) is 0 Å². The van der Waals surface area contributed by atoms with Crippen molar-refractivity contribution in [3.05, 3.63) is 35.4 Å². The Morgan fingerprint density at radius 3 is 2.33 bits per heavy atom. The Bertz CT molecular complexity index is 233. The van der Waals surface area contributed by atoms with Crippen molar-refractivity contribution in [2.75, 3.05) is 0 Å². The summed E-state index contributed by atoms with van der Waals surface area (Å²) >= 11 is 0. The van der Waals surface area contributed by atoms with Crippen LogP contribution in [-0.4, -0.2) is 6.29 Å². The average molecular weight is 165 g/mol. The van der Waals surface area contributed by atoms with E-state index in [2.05, 4.69) is 0 Å². The molecule has 0 aliphatic rings. The fraction of sp³-hybridized carbons (Fsp3) is 0.300. The topological polar surface area (TPSA) is 43.1 Å². The average Bonchev–Trinajstić information content (AvgIpc) is 2.20. The fourth-order valence-electron chi connectivity index (χ4n) is 0.835. The lowest BCUT2D eigenvalue weighted by molar-refractivity contribution is 0.112. The third-order valence-electron chi connectivity index (χ3n) is 1.40. The Hall–Kier alpha value is -1.15. The Morgan fingerprint density at radius 1 is 1.33 bits per heavy atom. The molecule has 2 N–H and O–H groups in total. The summed E-state index contributed by atoms with van der Waals surface area (Å²) in [7, 11) is 0. The Labute approximate surface area is 73.4 Å². The number of nitrogens with two attached hydrogens (primary N) is 1. The third-order valence-corrected chi connectivity index (χ3v) is 1.40. The summed E-state index contributed by atoms with van der Waals surface area (Å²) in [4.78, 5) is 10.3. The number of aldehydes is 1. The van der Waals surface area contributed by atoms with Gasteiger partial charge in [-0.2, -0.15) is 0 Å². The highest BCUT2D eigenvalue weighted by molar-refractivity contribution is 5.77. The van der Waals surface area contributed by atoms with Crippen molar-refractivity contribution in [1.29, 1.82) is 0 Å². The predicted octanol–water partition coefficient (Wildman–Crippen LogP) is 1.98. The number of carbonyl (C=O) groups is 1. The van der Waals surface area contributed by atoms with E-state index in [1.165, 1.54) is 0 Å². The van der Waals surface area contributed by atoms with Crippen LogP contribution in [0.4, 0.5) is 0 Å². The van der Waals surface area contributed by atoms with Gasteiger partial charge in [-0.25, -0.2) is 0 Å². The largest absolute Gasteiger partial charge is 0.326 e. The molecule has 0 radical (unpaired) electrons. The standard InChI is InChI=1S/C8H9NO.C2H6/c9-5-7-3-1-2-4-8(7)6-10;1-2/h1-4,6H,5,9H2;1-2H3. The van der Waals surface area contributed by atoms with Crippen LogP contribution in [0.1, 0.15) is 29.8 Å². The number of benzene rings is 1. The fourth-order valence-corrected chi connectivity index (χ4v) is 0.835. The molecule has 1 aromatic rings. The van der Waals surface area contributed by atoms with Gasteiger partial charge in [0.2, 0.25) is 0 Å². The molecule has 0 spiro atoms. The maximum Gasteiger partial charge on any atom is 0.150 e. The van der Waals surface area contributed by atoms with Crippen LogP contribution in [0.25, 0.3) is 0 Å². The minimum atomic E-state index is 0.426. The first-order chi connectivity index (χ1) is 5.88. The van der Waals surface area contributed by atoms with E-state index in [1.807, 2.05) is 32.0 Å². The van der Waals surface area contributed by atoms with Gasteiger partial charge in [0.05, 0.1) is 0 Å². The number of hydrogen-bond donors (Lipinski definition) is 1. The predicted molar refractivity (Wildman–Crippen MR) is 51.1 cm³/mol. The van der Waals surface area contributed by atoms with E-state index in [0.29, 0.717) is 12.1 Å². The summed E-state index contributed by atoms with van der Waals surface area (Å²) < 4.78 is 0. The van der Waals surface area contributed by atoms with Crippen LogP contribution >= 0.6 is 0 Å². The van der Waals surface area contributed by atoms with Crippen LogP contribution in [0.2, 0.25) is 0 Å². The molecule has 0 unspecified atom stereocenters. The molecular weight excluding hydrogens is 150 g/mol. The highest BCUT2D eigenvalue weighted by atomic mass is 16.1. The van der Waals surface area contributed by atoms with Crippen LogP contribution in [-0.2, 0) is 6.54 Å². The van der Waals surface area contributed by atoms with Gasteiger partial charge in [-0.1, -0.05) is 38.1 Å². The molecule has 0 saturated carbocycles. The second-order valence-electron chi connectivity index (χ2n) is 2.02. The first kappa shape index (κ1) is 10.8. The second-order valence-corrected chi connectivity index (χ2v) is 2.02. The van der Waals surface area contributed by atoms with Gasteiger partial charge < -0.3 is 5.73 Å². The highest BCUT2D eigenvalue weighted by Gasteiger charge is 1.94. The van der Waals surface area contributed by atoms with Gasteiger partial charge in [-0.3, -0.25) is 4.79 Å². The van der Waals surface area contributed by atoms with Crippen molar-refractivity contribution in [3.8, 4) is 0 Å². The van der Waals surface area contributed by atoms with Crippen LogP contribution in [0, 0.1) is 0 Å². The van der Waals surface area contributed by atoms with E-state index in [1.54, 1.807) is 6.07 Å². The summed E-state index contributed by atoms with van der Waals surface area (Å²) in [6, 6.07) is 7.30. The quantitative estimate of drug-likeness (QED) is 0.681. The SMILES string of the molecule is CC.NCc1ccccc1C=O. The summed E-state index contributed by atoms with van der Waals surface area (Å²) in [5.41, 5.74) is 6.95. The van der Waals surface area contributed by atoms with Crippen LogP contribution < -0.4 is 5.73 Å². The molecule has 0 aliphatic heterocycles. The van der Waals surface area contributed by atoms with Crippen molar-refractivity contribution in [1.82, 2.24) is 0 Å². The van der Waals surface area contributed by atoms with E-state index in [0.717, 1.165) is 11.8 Å². The molecule has 0 amide bonds. The van der Waals surface area contributed by atoms with Gasteiger partial charge in [0, 0.05) is 12.1 Å². The number of hydrogen-bond acceptors (Lipinski definition) is 2. The first-order valence-electron chi connectivity index (χ1n) is 4.11. The zero-order valence-corrected chi connectivity index (χ0v) is 7.58. The zero-order chi connectivity index (χ0) is 9.40. The Morgan fingerprint density at radius 2 is 1.92 bits per heavy atom. The van der Waals surface area contributed by atoms with E-state index >= 15 is 0 Å². The molecule has 2 heteroatoms. The molecule has 0 saturated heterocycles. The Kier molecular flexibility index (Phi) is 5.93. The summed E-state index contributed by atoms with van der Waals surface area (Å²) in [5.74, 6) is 0. The lowest BCUT2D eigenvalue weighted by Gasteiger charge is -1.97. The molecule has 0 aromatic heterocycles. The smallest absolute Gasteiger partial charge is 0.150 e. The van der Waals surface area contributed by atoms with Crippen molar-refractivity contribution in [2.45, 2.75) is 20.4 Å². The molecule has 1 aromatic carbocycles. The van der Waals surface area contributed by atoms with Crippen LogP contribution in [0.15, 0.2) is 24.3 Å². The maximum atomic E-state index is 10.3. The molecule has 66 valence electrons. The second kappa shape index (κ2) is 6.55. The van der Waals surface area contributed by atoms with Crippen molar-refractivity contribution >= 4 is 6.29 Å². The molecule has 0 bridgehead atoms. The third kappa shape index (κ3) is 2.84. The molecule has 0 heterocycles. The zero-order valence-electron chi connectivity index (χ0n) is 7.58. The normalized spacial score (nSPS) is 8.25. The lowest BCUT2D eigenvalue weighted by Crippen LogP contribution is -1.99. The van der Waals surface area contributed by atoms with Gasteiger partial charge in [0.25, 0.3) is 0 Å². The summed E-state index contributed by atoms with van der Waals surface area (Å²) in [6.45, 7) is 4.43. The van der Waals surface area contributed by atoms with Gasteiger partial charge in [0.15, 0.2) is 0 Å². The first-order valence-corrected chi connectivity index (χ1v) is 4.11. The molecule has 0 fully saturated rings. The van der Waals surface area contributed by atoms with Gasteiger partial charge >= 0.3 is 0 Å². The van der Waals surface area contributed by atoms with Crippen LogP contribution in [0.5, 0.6) is 0 Å². The van der Waals surface area contributed by atoms with Crippen molar-refractivity contribution in [2.24, 2.45) is 5.73 Å². The Balaban J connectivity index is 0.000000561. The highest BCUT2D eigenvalue weighted by Crippen LogP contribution is 2.03. The monoisotopic (exact) mass is 165 g/mol. The van der Waals surface area contributed by atoms with E-state index in [-0.39, 0.29) is 0 Å². The molecule has 0 aliphatic carbocycles. The summed E-state index contributed by atoms with van der Waals surface area (Å²) in [5, 5.41) is 0. The molecule has 0 atom stereocenters. The van der Waals surface area contributed by atoms with Gasteiger partial charge in [0.1, 0.15) is 6.29 Å². The molecule has 1 rings (SSSR count). The lowest BCUT2D eigenvalue weighted by atomic mass is 10.1. The number of carbonyl (C=O) groups excluding carboxylic acids is 1.